The van der Waals surface area contributed by atoms with Gasteiger partial charge in [0.25, 0.3) is 5.91 Å². The van der Waals surface area contributed by atoms with Gasteiger partial charge in [-0.05, 0) is 36.8 Å². The maximum atomic E-state index is 12.7. The average molecular weight is 316 g/mol. The van der Waals surface area contributed by atoms with Gasteiger partial charge in [-0.25, -0.2) is 4.79 Å². The van der Waals surface area contributed by atoms with Crippen LogP contribution in [0, 0.1) is 0 Å². The Morgan fingerprint density at radius 1 is 1.23 bits per heavy atom. The Morgan fingerprint density at radius 3 is 2.73 bits per heavy atom. The van der Waals surface area contributed by atoms with Crippen LogP contribution >= 0.6 is 11.6 Å². The molecule has 1 aromatic carbocycles. The number of urea groups is 1. The van der Waals surface area contributed by atoms with Crippen molar-refractivity contribution >= 4 is 23.5 Å². The van der Waals surface area contributed by atoms with E-state index in [-0.39, 0.29) is 12.5 Å². The highest BCUT2D eigenvalue weighted by molar-refractivity contribution is 6.30. The van der Waals surface area contributed by atoms with E-state index in [4.69, 9.17) is 11.6 Å². The highest BCUT2D eigenvalue weighted by Crippen LogP contribution is 2.30. The number of benzene rings is 1. The molecule has 1 aromatic heterocycles. The molecule has 1 aliphatic heterocycles. The monoisotopic (exact) mass is 315 g/mol. The molecule has 0 spiro atoms. The molecule has 3 rings (SSSR count). The van der Waals surface area contributed by atoms with Crippen molar-refractivity contribution in [1.82, 2.24) is 15.2 Å². The van der Waals surface area contributed by atoms with E-state index in [9.17, 15) is 9.59 Å². The van der Waals surface area contributed by atoms with Crippen molar-refractivity contribution in [3.63, 3.8) is 0 Å². The van der Waals surface area contributed by atoms with Crippen molar-refractivity contribution in [1.29, 1.82) is 0 Å². The lowest BCUT2D eigenvalue weighted by Crippen LogP contribution is -2.40. The van der Waals surface area contributed by atoms with Crippen LogP contribution in [0.4, 0.5) is 4.79 Å². The van der Waals surface area contributed by atoms with Gasteiger partial charge in [0.2, 0.25) is 0 Å². The molecule has 0 radical (unpaired) electrons. The van der Waals surface area contributed by atoms with E-state index >= 15 is 0 Å². The van der Waals surface area contributed by atoms with E-state index in [0.29, 0.717) is 16.3 Å². The molecule has 2 heterocycles. The third-order valence-electron chi connectivity index (χ3n) is 3.72. The van der Waals surface area contributed by atoms with Crippen LogP contribution in [-0.4, -0.2) is 21.8 Å². The fourth-order valence-corrected chi connectivity index (χ4v) is 2.68. The average Bonchev–Trinajstić information content (AvgIpc) is 2.73. The standard InChI is InChI=1S/C16H14ClN3O2/c1-16(11-5-4-6-12(17)9-11)14(21)20(15(22)19-16)10-13-7-2-3-8-18-13/h2-9H,10H2,1H3,(H,19,22)/t16-/m1/s1. The van der Waals surface area contributed by atoms with E-state index in [1.807, 2.05) is 6.07 Å². The van der Waals surface area contributed by atoms with Crippen molar-refractivity contribution in [3.05, 3.63) is 64.9 Å². The number of carbonyl (C=O) groups excluding carboxylic acids is 2. The summed E-state index contributed by atoms with van der Waals surface area (Å²) < 4.78 is 0. The molecule has 22 heavy (non-hydrogen) atoms. The lowest BCUT2D eigenvalue weighted by Gasteiger charge is -2.22. The van der Waals surface area contributed by atoms with E-state index in [0.717, 1.165) is 0 Å². The molecule has 1 atom stereocenters. The number of hydrogen-bond acceptors (Lipinski definition) is 3. The van der Waals surface area contributed by atoms with Gasteiger partial charge in [-0.3, -0.25) is 14.7 Å². The van der Waals surface area contributed by atoms with Gasteiger partial charge in [-0.2, -0.15) is 0 Å². The number of hydrogen-bond donors (Lipinski definition) is 1. The number of nitrogens with zero attached hydrogens (tertiary/aromatic N) is 2. The van der Waals surface area contributed by atoms with Gasteiger partial charge in [0.15, 0.2) is 0 Å². The number of nitrogens with one attached hydrogen (secondary N) is 1. The molecule has 112 valence electrons. The predicted octanol–water partition coefficient (Wildman–Crippen LogP) is 2.70. The summed E-state index contributed by atoms with van der Waals surface area (Å²) >= 11 is 5.99. The summed E-state index contributed by atoms with van der Waals surface area (Å²) in [6.45, 7) is 1.82. The van der Waals surface area contributed by atoms with Crippen molar-refractivity contribution in [2.75, 3.05) is 0 Å². The minimum Gasteiger partial charge on any atom is -0.319 e. The van der Waals surface area contributed by atoms with Crippen molar-refractivity contribution in [2.24, 2.45) is 0 Å². The zero-order chi connectivity index (χ0) is 15.7. The summed E-state index contributed by atoms with van der Waals surface area (Å²) in [4.78, 5) is 30.2. The van der Waals surface area contributed by atoms with Crippen LogP contribution in [0.15, 0.2) is 48.7 Å². The normalized spacial score (nSPS) is 21.1. The molecule has 0 saturated carbocycles. The maximum absolute atomic E-state index is 12.7. The van der Waals surface area contributed by atoms with Gasteiger partial charge in [0.05, 0.1) is 12.2 Å². The quantitative estimate of drug-likeness (QED) is 0.886. The number of imide groups is 1. The molecule has 1 aliphatic rings. The number of halogens is 1. The van der Waals surface area contributed by atoms with Crippen LogP contribution in [0.3, 0.4) is 0 Å². The van der Waals surface area contributed by atoms with Gasteiger partial charge in [-0.1, -0.05) is 29.8 Å². The minimum absolute atomic E-state index is 0.141. The smallest absolute Gasteiger partial charge is 0.319 e. The molecule has 3 amide bonds. The molecule has 2 aromatic rings. The second kappa shape index (κ2) is 5.42. The fourth-order valence-electron chi connectivity index (χ4n) is 2.49. The SMILES string of the molecule is C[C@]1(c2cccc(Cl)c2)NC(=O)N(Cc2ccccn2)C1=O. The molecule has 5 nitrogen and oxygen atoms in total. The second-order valence-electron chi connectivity index (χ2n) is 5.28. The van der Waals surface area contributed by atoms with E-state index in [1.54, 1.807) is 49.5 Å². The first-order valence-corrected chi connectivity index (χ1v) is 7.18. The molecule has 1 N–H and O–H groups in total. The Labute approximate surface area is 132 Å². The summed E-state index contributed by atoms with van der Waals surface area (Å²) in [5.41, 5.74) is 0.194. The summed E-state index contributed by atoms with van der Waals surface area (Å²) in [5, 5.41) is 3.26. The van der Waals surface area contributed by atoms with Gasteiger partial charge in [0, 0.05) is 11.2 Å². The Balaban J connectivity index is 1.91. The van der Waals surface area contributed by atoms with Crippen LogP contribution in [0.25, 0.3) is 0 Å². The molecule has 6 heteroatoms. The number of aromatic nitrogens is 1. The van der Waals surface area contributed by atoms with Gasteiger partial charge in [0.1, 0.15) is 5.54 Å². The summed E-state index contributed by atoms with van der Waals surface area (Å²) in [7, 11) is 0. The van der Waals surface area contributed by atoms with E-state index in [1.165, 1.54) is 4.90 Å². The Morgan fingerprint density at radius 2 is 2.05 bits per heavy atom. The van der Waals surface area contributed by atoms with Crippen LogP contribution in [0.5, 0.6) is 0 Å². The zero-order valence-electron chi connectivity index (χ0n) is 11.9. The molecular weight excluding hydrogens is 302 g/mol. The number of carbonyl (C=O) groups is 2. The van der Waals surface area contributed by atoms with Gasteiger partial charge < -0.3 is 5.32 Å². The Kier molecular flexibility index (Phi) is 3.58. The molecule has 1 fully saturated rings. The van der Waals surface area contributed by atoms with Crippen LogP contribution in [-0.2, 0) is 16.9 Å². The maximum Gasteiger partial charge on any atom is 0.325 e. The third kappa shape index (κ3) is 2.44. The second-order valence-corrected chi connectivity index (χ2v) is 5.71. The Hall–Kier alpha value is -2.40. The summed E-state index contributed by atoms with van der Waals surface area (Å²) in [6.07, 6.45) is 1.63. The summed E-state index contributed by atoms with van der Waals surface area (Å²) in [5.74, 6) is -0.314. The van der Waals surface area contributed by atoms with Crippen molar-refractivity contribution < 1.29 is 9.59 Å². The summed E-state index contributed by atoms with van der Waals surface area (Å²) in [6, 6.07) is 11.9. The first kappa shape index (κ1) is 14.5. The lowest BCUT2D eigenvalue weighted by atomic mass is 9.92. The lowest BCUT2D eigenvalue weighted by molar-refractivity contribution is -0.131. The molecule has 0 unspecified atom stereocenters. The van der Waals surface area contributed by atoms with Crippen molar-refractivity contribution in [2.45, 2.75) is 19.0 Å². The highest BCUT2D eigenvalue weighted by atomic mass is 35.5. The van der Waals surface area contributed by atoms with Gasteiger partial charge in [-0.15, -0.1) is 0 Å². The van der Waals surface area contributed by atoms with E-state index in [2.05, 4.69) is 10.3 Å². The van der Waals surface area contributed by atoms with Crippen LogP contribution < -0.4 is 5.32 Å². The van der Waals surface area contributed by atoms with E-state index < -0.39 is 11.6 Å². The largest absolute Gasteiger partial charge is 0.325 e. The number of rotatable bonds is 3. The predicted molar refractivity (Wildman–Crippen MR) is 82.1 cm³/mol. The highest BCUT2D eigenvalue weighted by Gasteiger charge is 2.49. The molecular formula is C16H14ClN3O2. The molecule has 0 bridgehead atoms. The fraction of sp³-hybridized carbons (Fsp3) is 0.188. The Bertz CT molecular complexity index is 735. The topological polar surface area (TPSA) is 62.3 Å². The number of amides is 3. The molecule has 0 aliphatic carbocycles. The minimum atomic E-state index is -1.11. The first-order valence-electron chi connectivity index (χ1n) is 6.81. The third-order valence-corrected chi connectivity index (χ3v) is 3.96. The van der Waals surface area contributed by atoms with Crippen LogP contribution in [0.1, 0.15) is 18.2 Å². The van der Waals surface area contributed by atoms with Gasteiger partial charge >= 0.3 is 6.03 Å². The molecule has 1 saturated heterocycles. The first-order chi connectivity index (χ1) is 10.5. The number of pyridine rings is 1. The van der Waals surface area contributed by atoms with Crippen LogP contribution in [0.2, 0.25) is 5.02 Å². The van der Waals surface area contributed by atoms with Crippen molar-refractivity contribution in [3.8, 4) is 0 Å². The zero-order valence-corrected chi connectivity index (χ0v) is 12.7.